The minimum Gasteiger partial charge on any atom is -0.465 e. The zero-order chi connectivity index (χ0) is 12.0. The number of carbonyl (C=O) groups is 1. The number of hydrogen-bond acceptors (Lipinski definition) is 4. The van der Waals surface area contributed by atoms with Crippen molar-refractivity contribution in [1.82, 2.24) is 4.90 Å². The zero-order valence-corrected chi connectivity index (χ0v) is 10.4. The number of hydrogen-bond donors (Lipinski definition) is 1. The molecule has 4 heteroatoms. The van der Waals surface area contributed by atoms with Gasteiger partial charge in [0, 0.05) is 13.1 Å². The van der Waals surface area contributed by atoms with Gasteiger partial charge in [-0.05, 0) is 32.2 Å². The van der Waals surface area contributed by atoms with Gasteiger partial charge < -0.3 is 15.4 Å². The average molecular weight is 228 g/mol. The zero-order valence-electron chi connectivity index (χ0n) is 10.4. The summed E-state index contributed by atoms with van der Waals surface area (Å²) in [5.74, 6) is 0.563. The van der Waals surface area contributed by atoms with Gasteiger partial charge in [-0.2, -0.15) is 0 Å². The summed E-state index contributed by atoms with van der Waals surface area (Å²) in [7, 11) is 0. The highest BCUT2D eigenvalue weighted by molar-refractivity contribution is 5.75. The van der Waals surface area contributed by atoms with Crippen molar-refractivity contribution in [2.45, 2.75) is 39.2 Å². The van der Waals surface area contributed by atoms with Crippen LogP contribution in [0.15, 0.2) is 0 Å². The normalized spacial score (nSPS) is 23.3. The molecule has 0 spiro atoms. The lowest BCUT2D eigenvalue weighted by molar-refractivity contribution is -0.144. The lowest BCUT2D eigenvalue weighted by Gasteiger charge is -2.17. The molecule has 1 rings (SSSR count). The van der Waals surface area contributed by atoms with Crippen molar-refractivity contribution in [1.29, 1.82) is 0 Å². The van der Waals surface area contributed by atoms with E-state index in [4.69, 9.17) is 10.5 Å². The summed E-state index contributed by atoms with van der Waals surface area (Å²) >= 11 is 0. The number of likely N-dealkylation sites (tertiary alicyclic amines) is 1. The third-order valence-corrected chi connectivity index (χ3v) is 3.29. The Kier molecular flexibility index (Phi) is 5.77. The molecule has 2 N–H and O–H groups in total. The van der Waals surface area contributed by atoms with Crippen molar-refractivity contribution >= 4 is 5.97 Å². The standard InChI is InChI=1S/C12H24N2O2/c1-3-10-5-7-14(9-10)8-6-11(13)12(15)16-4-2/h10-11H,3-9,13H2,1-2H3. The van der Waals surface area contributed by atoms with Crippen LogP contribution in [0.3, 0.4) is 0 Å². The van der Waals surface area contributed by atoms with Crippen LogP contribution in [-0.4, -0.2) is 43.2 Å². The Labute approximate surface area is 98.1 Å². The van der Waals surface area contributed by atoms with Gasteiger partial charge in [0.25, 0.3) is 0 Å². The van der Waals surface area contributed by atoms with Crippen molar-refractivity contribution in [3.63, 3.8) is 0 Å². The summed E-state index contributed by atoms with van der Waals surface area (Å²) in [6.45, 7) is 7.67. The third kappa shape index (κ3) is 4.10. The lowest BCUT2D eigenvalue weighted by atomic mass is 10.1. The highest BCUT2D eigenvalue weighted by atomic mass is 16.5. The van der Waals surface area contributed by atoms with E-state index in [2.05, 4.69) is 11.8 Å². The monoisotopic (exact) mass is 228 g/mol. The third-order valence-electron chi connectivity index (χ3n) is 3.29. The Bertz CT molecular complexity index is 221. The van der Waals surface area contributed by atoms with E-state index >= 15 is 0 Å². The SMILES string of the molecule is CCOC(=O)C(N)CCN1CCC(CC)C1. The highest BCUT2D eigenvalue weighted by Crippen LogP contribution is 2.19. The molecule has 0 bridgehead atoms. The second-order valence-electron chi connectivity index (χ2n) is 4.51. The van der Waals surface area contributed by atoms with Gasteiger partial charge in [0.05, 0.1) is 6.61 Å². The van der Waals surface area contributed by atoms with Gasteiger partial charge in [0.15, 0.2) is 0 Å². The molecule has 1 aliphatic rings. The van der Waals surface area contributed by atoms with Crippen LogP contribution in [0, 0.1) is 5.92 Å². The van der Waals surface area contributed by atoms with Crippen molar-refractivity contribution < 1.29 is 9.53 Å². The predicted molar refractivity (Wildman–Crippen MR) is 64.1 cm³/mol. The largest absolute Gasteiger partial charge is 0.465 e. The molecular formula is C12H24N2O2. The van der Waals surface area contributed by atoms with Gasteiger partial charge in [-0.1, -0.05) is 13.3 Å². The van der Waals surface area contributed by atoms with Crippen molar-refractivity contribution in [3.8, 4) is 0 Å². The molecule has 0 aromatic carbocycles. The molecule has 0 aliphatic carbocycles. The van der Waals surface area contributed by atoms with Crippen molar-refractivity contribution in [2.75, 3.05) is 26.2 Å². The van der Waals surface area contributed by atoms with Gasteiger partial charge in [0.2, 0.25) is 0 Å². The molecule has 0 saturated carbocycles. The topological polar surface area (TPSA) is 55.6 Å². The first-order chi connectivity index (χ1) is 7.67. The Morgan fingerprint density at radius 1 is 1.56 bits per heavy atom. The molecule has 1 heterocycles. The number of nitrogens with zero attached hydrogens (tertiary/aromatic N) is 1. The average Bonchev–Trinajstić information content (AvgIpc) is 2.74. The molecule has 1 saturated heterocycles. The van der Waals surface area contributed by atoms with E-state index in [1.807, 2.05) is 0 Å². The first-order valence-electron chi connectivity index (χ1n) is 6.31. The van der Waals surface area contributed by atoms with Crippen LogP contribution in [0.25, 0.3) is 0 Å². The van der Waals surface area contributed by atoms with E-state index in [9.17, 15) is 4.79 Å². The summed E-state index contributed by atoms with van der Waals surface area (Å²) in [5.41, 5.74) is 5.75. The molecule has 0 aromatic rings. The van der Waals surface area contributed by atoms with E-state index in [1.165, 1.54) is 12.8 Å². The first kappa shape index (κ1) is 13.5. The summed E-state index contributed by atoms with van der Waals surface area (Å²) < 4.78 is 4.88. The van der Waals surface area contributed by atoms with Crippen LogP contribution >= 0.6 is 0 Å². The van der Waals surface area contributed by atoms with Crippen LogP contribution in [-0.2, 0) is 9.53 Å². The molecule has 2 unspecified atom stereocenters. The van der Waals surface area contributed by atoms with E-state index < -0.39 is 6.04 Å². The van der Waals surface area contributed by atoms with E-state index in [0.717, 1.165) is 25.6 Å². The minimum atomic E-state index is -0.458. The second kappa shape index (κ2) is 6.86. The van der Waals surface area contributed by atoms with Crippen molar-refractivity contribution in [2.24, 2.45) is 11.7 Å². The maximum Gasteiger partial charge on any atom is 0.322 e. The van der Waals surface area contributed by atoms with Crippen LogP contribution in [0.4, 0.5) is 0 Å². The summed E-state index contributed by atoms with van der Waals surface area (Å²) in [6, 6.07) is -0.458. The number of carbonyl (C=O) groups excluding carboxylic acids is 1. The molecule has 94 valence electrons. The maximum atomic E-state index is 11.3. The Balaban J connectivity index is 2.17. The highest BCUT2D eigenvalue weighted by Gasteiger charge is 2.22. The Hall–Kier alpha value is -0.610. The van der Waals surface area contributed by atoms with E-state index in [0.29, 0.717) is 13.0 Å². The molecule has 0 aromatic heterocycles. The second-order valence-corrected chi connectivity index (χ2v) is 4.51. The Morgan fingerprint density at radius 2 is 2.31 bits per heavy atom. The molecule has 4 nitrogen and oxygen atoms in total. The maximum absolute atomic E-state index is 11.3. The minimum absolute atomic E-state index is 0.270. The Morgan fingerprint density at radius 3 is 2.88 bits per heavy atom. The van der Waals surface area contributed by atoms with Gasteiger partial charge in [-0.25, -0.2) is 0 Å². The van der Waals surface area contributed by atoms with Crippen LogP contribution in [0.2, 0.25) is 0 Å². The fourth-order valence-corrected chi connectivity index (χ4v) is 2.14. The number of esters is 1. The summed E-state index contributed by atoms with van der Waals surface area (Å²) in [6.07, 6.45) is 3.24. The van der Waals surface area contributed by atoms with Crippen LogP contribution in [0.1, 0.15) is 33.1 Å². The smallest absolute Gasteiger partial charge is 0.322 e. The molecule has 1 fully saturated rings. The fraction of sp³-hybridized carbons (Fsp3) is 0.917. The first-order valence-corrected chi connectivity index (χ1v) is 6.31. The van der Waals surface area contributed by atoms with Crippen LogP contribution in [0.5, 0.6) is 0 Å². The summed E-state index contributed by atoms with van der Waals surface area (Å²) in [4.78, 5) is 13.7. The molecule has 16 heavy (non-hydrogen) atoms. The number of nitrogens with two attached hydrogens (primary N) is 1. The van der Waals surface area contributed by atoms with E-state index in [1.54, 1.807) is 6.92 Å². The molecule has 0 amide bonds. The van der Waals surface area contributed by atoms with Gasteiger partial charge in [-0.3, -0.25) is 4.79 Å². The summed E-state index contributed by atoms with van der Waals surface area (Å²) in [5, 5.41) is 0. The molecule has 2 atom stereocenters. The lowest BCUT2D eigenvalue weighted by Crippen LogP contribution is -2.36. The fourth-order valence-electron chi connectivity index (χ4n) is 2.14. The van der Waals surface area contributed by atoms with Gasteiger partial charge in [-0.15, -0.1) is 0 Å². The van der Waals surface area contributed by atoms with Gasteiger partial charge >= 0.3 is 5.97 Å². The van der Waals surface area contributed by atoms with Gasteiger partial charge in [0.1, 0.15) is 6.04 Å². The number of rotatable bonds is 6. The molecule has 1 aliphatic heterocycles. The van der Waals surface area contributed by atoms with E-state index in [-0.39, 0.29) is 5.97 Å². The van der Waals surface area contributed by atoms with Crippen LogP contribution < -0.4 is 5.73 Å². The molecule has 0 radical (unpaired) electrons. The number of ether oxygens (including phenoxy) is 1. The predicted octanol–water partition coefficient (Wildman–Crippen LogP) is 0.999. The molecular weight excluding hydrogens is 204 g/mol. The van der Waals surface area contributed by atoms with Crippen molar-refractivity contribution in [3.05, 3.63) is 0 Å². The quantitative estimate of drug-likeness (QED) is 0.689.